The van der Waals surface area contributed by atoms with E-state index in [0.717, 1.165) is 22.0 Å². The zero-order chi connectivity index (χ0) is 11.7. The third-order valence-electron chi connectivity index (χ3n) is 2.63. The first-order chi connectivity index (χ1) is 7.59. The predicted molar refractivity (Wildman–Crippen MR) is 67.9 cm³/mol. The first-order valence-corrected chi connectivity index (χ1v) is 5.78. The smallest absolute Gasteiger partial charge is 0.111 e. The van der Waals surface area contributed by atoms with E-state index in [9.17, 15) is 0 Å². The van der Waals surface area contributed by atoms with Gasteiger partial charge in [0.25, 0.3) is 0 Å². The molecule has 0 atom stereocenters. The molecule has 3 heteroatoms. The predicted octanol–water partition coefficient (Wildman–Crippen LogP) is 4.16. The summed E-state index contributed by atoms with van der Waals surface area (Å²) in [6.45, 7) is 6.26. The quantitative estimate of drug-likeness (QED) is 0.831. The highest BCUT2D eigenvalue weighted by Gasteiger charge is 2.14. The van der Waals surface area contributed by atoms with Crippen LogP contribution >= 0.6 is 11.6 Å². The van der Waals surface area contributed by atoms with Gasteiger partial charge in [0.05, 0.1) is 10.7 Å². The average molecular weight is 235 g/mol. The Kier molecular flexibility index (Phi) is 3.01. The Morgan fingerprint density at radius 1 is 1.19 bits per heavy atom. The summed E-state index contributed by atoms with van der Waals surface area (Å²) in [6.07, 6.45) is 0. The van der Waals surface area contributed by atoms with Gasteiger partial charge in [0.15, 0.2) is 0 Å². The fourth-order valence-corrected chi connectivity index (χ4v) is 2.04. The Morgan fingerprint density at radius 2 is 1.81 bits per heavy atom. The molecule has 0 aliphatic heterocycles. The van der Waals surface area contributed by atoms with Gasteiger partial charge in [-0.15, -0.1) is 0 Å². The number of hydrogen-bond acceptors (Lipinski definition) is 1. The molecule has 16 heavy (non-hydrogen) atoms. The van der Waals surface area contributed by atoms with Gasteiger partial charge in [-0.3, -0.25) is 5.10 Å². The van der Waals surface area contributed by atoms with Crippen LogP contribution < -0.4 is 0 Å². The Hall–Kier alpha value is -1.28. The van der Waals surface area contributed by atoms with Gasteiger partial charge in [0.1, 0.15) is 5.69 Å². The van der Waals surface area contributed by atoms with Crippen molar-refractivity contribution >= 4 is 11.6 Å². The summed E-state index contributed by atoms with van der Waals surface area (Å²) in [5.41, 5.74) is 4.13. The lowest BCUT2D eigenvalue weighted by Crippen LogP contribution is -1.87. The molecule has 0 spiro atoms. The molecule has 0 fully saturated rings. The lowest BCUT2D eigenvalue weighted by Gasteiger charge is -2.01. The van der Waals surface area contributed by atoms with Crippen LogP contribution in [0.15, 0.2) is 24.3 Å². The number of aryl methyl sites for hydroxylation is 1. The highest BCUT2D eigenvalue weighted by Crippen LogP contribution is 2.31. The number of nitrogens with zero attached hydrogens (tertiary/aromatic N) is 1. The Labute approximate surface area is 101 Å². The van der Waals surface area contributed by atoms with E-state index in [1.165, 1.54) is 5.56 Å². The van der Waals surface area contributed by atoms with E-state index in [2.05, 4.69) is 43.1 Å². The third kappa shape index (κ3) is 1.98. The summed E-state index contributed by atoms with van der Waals surface area (Å²) in [6, 6.07) is 8.22. The number of aromatic nitrogens is 2. The minimum Gasteiger partial charge on any atom is -0.280 e. The van der Waals surface area contributed by atoms with E-state index < -0.39 is 0 Å². The molecule has 0 saturated carbocycles. The number of aromatic amines is 1. The van der Waals surface area contributed by atoms with Crippen LogP contribution in [0.2, 0.25) is 5.02 Å². The summed E-state index contributed by atoms with van der Waals surface area (Å²) >= 11 is 6.30. The summed E-state index contributed by atoms with van der Waals surface area (Å²) in [5.74, 6) is 0.360. The molecule has 2 nitrogen and oxygen atoms in total. The highest BCUT2D eigenvalue weighted by atomic mass is 35.5. The van der Waals surface area contributed by atoms with Gasteiger partial charge < -0.3 is 0 Å². The standard InChI is InChI=1S/C13H15ClN2/c1-8(2)12-11(14)13(16-15-12)10-6-4-9(3)5-7-10/h4-8H,1-3H3,(H,15,16). The molecular formula is C13H15ClN2. The van der Waals surface area contributed by atoms with Crippen LogP contribution in [-0.2, 0) is 0 Å². The Balaban J connectivity index is 2.45. The van der Waals surface area contributed by atoms with Gasteiger partial charge in [-0.2, -0.15) is 5.10 Å². The van der Waals surface area contributed by atoms with Gasteiger partial charge in [-0.05, 0) is 12.8 Å². The van der Waals surface area contributed by atoms with Crippen molar-refractivity contribution in [3.8, 4) is 11.3 Å². The maximum absolute atomic E-state index is 6.30. The summed E-state index contributed by atoms with van der Waals surface area (Å²) in [5, 5.41) is 8.02. The molecule has 0 radical (unpaired) electrons. The van der Waals surface area contributed by atoms with E-state index in [4.69, 9.17) is 11.6 Å². The zero-order valence-corrected chi connectivity index (χ0v) is 10.5. The molecule has 0 aliphatic rings. The van der Waals surface area contributed by atoms with Gasteiger partial charge in [0, 0.05) is 5.56 Å². The molecule has 2 rings (SSSR count). The molecule has 0 bridgehead atoms. The zero-order valence-electron chi connectivity index (χ0n) is 9.71. The topological polar surface area (TPSA) is 28.7 Å². The fourth-order valence-electron chi connectivity index (χ4n) is 1.63. The SMILES string of the molecule is Cc1ccc(-c2n[nH]c(C(C)C)c2Cl)cc1. The largest absolute Gasteiger partial charge is 0.280 e. The number of halogens is 1. The minimum absolute atomic E-state index is 0.360. The van der Waals surface area contributed by atoms with E-state index in [0.29, 0.717) is 5.92 Å². The van der Waals surface area contributed by atoms with Crippen molar-refractivity contribution in [3.63, 3.8) is 0 Å². The van der Waals surface area contributed by atoms with Crippen LogP contribution in [-0.4, -0.2) is 10.2 Å². The molecule has 1 aromatic heterocycles. The second kappa shape index (κ2) is 4.30. The summed E-state index contributed by atoms with van der Waals surface area (Å²) in [7, 11) is 0. The van der Waals surface area contributed by atoms with Crippen molar-refractivity contribution in [1.29, 1.82) is 0 Å². The molecule has 0 aliphatic carbocycles. The van der Waals surface area contributed by atoms with E-state index >= 15 is 0 Å². The fraction of sp³-hybridized carbons (Fsp3) is 0.308. The second-order valence-electron chi connectivity index (χ2n) is 4.32. The van der Waals surface area contributed by atoms with Crippen molar-refractivity contribution in [2.24, 2.45) is 0 Å². The molecule has 0 amide bonds. The van der Waals surface area contributed by atoms with Crippen molar-refractivity contribution in [3.05, 3.63) is 40.5 Å². The molecule has 1 aromatic carbocycles. The second-order valence-corrected chi connectivity index (χ2v) is 4.70. The molecule has 84 valence electrons. The number of nitrogens with one attached hydrogen (secondary N) is 1. The van der Waals surface area contributed by atoms with Crippen molar-refractivity contribution in [2.45, 2.75) is 26.7 Å². The van der Waals surface area contributed by atoms with Gasteiger partial charge in [-0.1, -0.05) is 55.3 Å². The molecule has 0 unspecified atom stereocenters. The van der Waals surface area contributed by atoms with Crippen LogP contribution in [0.25, 0.3) is 11.3 Å². The van der Waals surface area contributed by atoms with Crippen LogP contribution in [0.5, 0.6) is 0 Å². The number of H-pyrrole nitrogens is 1. The van der Waals surface area contributed by atoms with Crippen LogP contribution in [0, 0.1) is 6.92 Å². The number of hydrogen-bond donors (Lipinski definition) is 1. The maximum atomic E-state index is 6.30. The Morgan fingerprint density at radius 3 is 2.31 bits per heavy atom. The minimum atomic E-state index is 0.360. The molecular weight excluding hydrogens is 220 g/mol. The molecule has 0 saturated heterocycles. The van der Waals surface area contributed by atoms with Gasteiger partial charge >= 0.3 is 0 Å². The first kappa shape index (κ1) is 11.2. The lowest BCUT2D eigenvalue weighted by molar-refractivity contribution is 0.811. The summed E-state index contributed by atoms with van der Waals surface area (Å²) in [4.78, 5) is 0. The molecule has 2 aromatic rings. The van der Waals surface area contributed by atoms with Crippen molar-refractivity contribution < 1.29 is 0 Å². The van der Waals surface area contributed by atoms with Gasteiger partial charge in [0.2, 0.25) is 0 Å². The van der Waals surface area contributed by atoms with Crippen molar-refractivity contribution in [2.75, 3.05) is 0 Å². The van der Waals surface area contributed by atoms with E-state index in [1.807, 2.05) is 12.1 Å². The first-order valence-electron chi connectivity index (χ1n) is 5.40. The number of benzene rings is 1. The summed E-state index contributed by atoms with van der Waals surface area (Å²) < 4.78 is 0. The van der Waals surface area contributed by atoms with Crippen LogP contribution in [0.3, 0.4) is 0 Å². The van der Waals surface area contributed by atoms with E-state index in [-0.39, 0.29) is 0 Å². The number of rotatable bonds is 2. The van der Waals surface area contributed by atoms with Crippen LogP contribution in [0.1, 0.15) is 31.0 Å². The Bertz CT molecular complexity index is 483. The van der Waals surface area contributed by atoms with Crippen molar-refractivity contribution in [1.82, 2.24) is 10.2 Å². The lowest BCUT2D eigenvalue weighted by atomic mass is 10.1. The maximum Gasteiger partial charge on any atom is 0.111 e. The highest BCUT2D eigenvalue weighted by molar-refractivity contribution is 6.33. The average Bonchev–Trinajstić information content (AvgIpc) is 2.61. The third-order valence-corrected chi connectivity index (χ3v) is 3.02. The molecule has 1 N–H and O–H groups in total. The molecule has 1 heterocycles. The van der Waals surface area contributed by atoms with Crippen LogP contribution in [0.4, 0.5) is 0 Å². The van der Waals surface area contributed by atoms with E-state index in [1.54, 1.807) is 0 Å². The normalized spacial score (nSPS) is 11.1. The monoisotopic (exact) mass is 234 g/mol. The van der Waals surface area contributed by atoms with Gasteiger partial charge in [-0.25, -0.2) is 0 Å².